The molecular formula is C19H21N3O3. The highest BCUT2D eigenvalue weighted by atomic mass is 16.2. The summed E-state index contributed by atoms with van der Waals surface area (Å²) in [6.45, 7) is 7.82. The second-order valence-electron chi connectivity index (χ2n) is 7.30. The third-order valence-corrected chi connectivity index (χ3v) is 5.68. The van der Waals surface area contributed by atoms with Crippen LogP contribution in [0.2, 0.25) is 0 Å². The SMILES string of the molecule is C=CCN1C(=O)[C@H]2[C@@H](C(C)C)N[C@]3(C(=O)Nc4ccccc43)[C@@H]2C1=O. The number of imide groups is 1. The van der Waals surface area contributed by atoms with Crippen molar-refractivity contribution in [1.29, 1.82) is 0 Å². The van der Waals surface area contributed by atoms with Crippen molar-refractivity contribution in [3.8, 4) is 0 Å². The maximum absolute atomic E-state index is 13.1. The first kappa shape index (κ1) is 16.0. The minimum Gasteiger partial charge on any atom is -0.324 e. The molecule has 3 heterocycles. The molecule has 2 saturated heterocycles. The van der Waals surface area contributed by atoms with Gasteiger partial charge in [0.1, 0.15) is 5.54 Å². The van der Waals surface area contributed by atoms with E-state index in [-0.39, 0.29) is 36.2 Å². The van der Waals surface area contributed by atoms with Gasteiger partial charge in [-0.1, -0.05) is 38.1 Å². The molecule has 3 aliphatic rings. The normalized spacial score (nSPS) is 33.2. The van der Waals surface area contributed by atoms with Crippen molar-refractivity contribution in [3.05, 3.63) is 42.5 Å². The molecule has 1 aromatic rings. The molecule has 3 amide bonds. The van der Waals surface area contributed by atoms with Crippen LogP contribution in [0.4, 0.5) is 5.69 Å². The maximum atomic E-state index is 13.1. The number of hydrogen-bond acceptors (Lipinski definition) is 4. The minimum atomic E-state index is -1.18. The molecule has 4 atom stereocenters. The van der Waals surface area contributed by atoms with E-state index in [4.69, 9.17) is 0 Å². The lowest BCUT2D eigenvalue weighted by atomic mass is 9.76. The molecule has 2 fully saturated rings. The van der Waals surface area contributed by atoms with Gasteiger partial charge in [0.2, 0.25) is 17.7 Å². The first-order valence-electron chi connectivity index (χ1n) is 8.58. The lowest BCUT2D eigenvalue weighted by Crippen LogP contribution is -2.54. The van der Waals surface area contributed by atoms with Crippen molar-refractivity contribution in [1.82, 2.24) is 10.2 Å². The number of rotatable bonds is 3. The van der Waals surface area contributed by atoms with Gasteiger partial charge in [-0.25, -0.2) is 0 Å². The number of para-hydroxylation sites is 1. The second-order valence-corrected chi connectivity index (χ2v) is 7.30. The fourth-order valence-corrected chi connectivity index (χ4v) is 4.63. The number of carbonyl (C=O) groups excluding carboxylic acids is 3. The van der Waals surface area contributed by atoms with Crippen LogP contribution in [0.25, 0.3) is 0 Å². The number of benzene rings is 1. The number of nitrogens with zero attached hydrogens (tertiary/aromatic N) is 1. The monoisotopic (exact) mass is 339 g/mol. The predicted octanol–water partition coefficient (Wildman–Crippen LogP) is 1.25. The summed E-state index contributed by atoms with van der Waals surface area (Å²) in [4.78, 5) is 40.3. The Morgan fingerprint density at radius 2 is 1.96 bits per heavy atom. The van der Waals surface area contributed by atoms with Crippen molar-refractivity contribution in [2.45, 2.75) is 25.4 Å². The van der Waals surface area contributed by atoms with Gasteiger partial charge in [0.05, 0.1) is 11.8 Å². The van der Waals surface area contributed by atoms with E-state index in [0.717, 1.165) is 5.56 Å². The first-order valence-corrected chi connectivity index (χ1v) is 8.58. The molecule has 2 N–H and O–H groups in total. The molecule has 0 aromatic heterocycles. The highest BCUT2D eigenvalue weighted by Gasteiger charge is 2.70. The fourth-order valence-electron chi connectivity index (χ4n) is 4.63. The van der Waals surface area contributed by atoms with Crippen molar-refractivity contribution in [2.24, 2.45) is 17.8 Å². The lowest BCUT2D eigenvalue weighted by Gasteiger charge is -2.30. The second kappa shape index (κ2) is 5.26. The Balaban J connectivity index is 1.91. The number of hydrogen-bond donors (Lipinski definition) is 2. The van der Waals surface area contributed by atoms with Crippen LogP contribution in [0.3, 0.4) is 0 Å². The molecule has 0 aliphatic carbocycles. The summed E-state index contributed by atoms with van der Waals surface area (Å²) in [5.74, 6) is -1.92. The zero-order valence-electron chi connectivity index (χ0n) is 14.3. The van der Waals surface area contributed by atoms with Gasteiger partial charge in [-0.05, 0) is 12.0 Å². The average molecular weight is 339 g/mol. The van der Waals surface area contributed by atoms with Crippen LogP contribution in [0.5, 0.6) is 0 Å². The molecule has 0 saturated carbocycles. The summed E-state index contributed by atoms with van der Waals surface area (Å²) in [6.07, 6.45) is 1.55. The van der Waals surface area contributed by atoms with E-state index < -0.39 is 17.4 Å². The molecule has 4 rings (SSSR count). The first-order chi connectivity index (χ1) is 11.9. The lowest BCUT2D eigenvalue weighted by molar-refractivity contribution is -0.142. The van der Waals surface area contributed by atoms with Gasteiger partial charge >= 0.3 is 0 Å². The van der Waals surface area contributed by atoms with Gasteiger partial charge in [-0.15, -0.1) is 6.58 Å². The molecule has 0 radical (unpaired) electrons. The largest absolute Gasteiger partial charge is 0.324 e. The Hall–Kier alpha value is -2.47. The van der Waals surface area contributed by atoms with E-state index in [9.17, 15) is 14.4 Å². The Labute approximate surface area is 146 Å². The number of carbonyl (C=O) groups is 3. The van der Waals surface area contributed by atoms with Crippen LogP contribution in [0.15, 0.2) is 36.9 Å². The standard InChI is InChI=1S/C19H21N3O3/c1-4-9-22-16(23)13-14(17(22)24)19(21-15(13)10(2)3)11-7-5-6-8-12(11)20-18(19)25/h4-8,10,13-15,21H,1,9H2,2-3H3,(H,20,25)/t13-,14+,15-,19+/m1/s1. The molecule has 1 aromatic carbocycles. The van der Waals surface area contributed by atoms with E-state index in [1.54, 1.807) is 6.08 Å². The smallest absolute Gasteiger partial charge is 0.250 e. The summed E-state index contributed by atoms with van der Waals surface area (Å²) in [5, 5.41) is 6.27. The molecule has 1 spiro atoms. The van der Waals surface area contributed by atoms with E-state index in [0.29, 0.717) is 5.69 Å². The van der Waals surface area contributed by atoms with E-state index in [1.165, 1.54) is 4.90 Å². The van der Waals surface area contributed by atoms with Gasteiger partial charge in [0.25, 0.3) is 0 Å². The molecule has 130 valence electrons. The number of fused-ring (bicyclic) bond motifs is 4. The van der Waals surface area contributed by atoms with Gasteiger partial charge in [-0.3, -0.25) is 24.6 Å². The summed E-state index contributed by atoms with van der Waals surface area (Å²) < 4.78 is 0. The number of amides is 3. The Morgan fingerprint density at radius 1 is 1.24 bits per heavy atom. The number of nitrogens with one attached hydrogen (secondary N) is 2. The summed E-state index contributed by atoms with van der Waals surface area (Å²) in [6, 6.07) is 7.13. The zero-order valence-corrected chi connectivity index (χ0v) is 14.3. The molecule has 3 aliphatic heterocycles. The van der Waals surface area contributed by atoms with Crippen LogP contribution >= 0.6 is 0 Å². The van der Waals surface area contributed by atoms with Crippen LogP contribution < -0.4 is 10.6 Å². The molecule has 6 heteroatoms. The fraction of sp³-hybridized carbons (Fsp3) is 0.421. The summed E-state index contributed by atoms with van der Waals surface area (Å²) >= 11 is 0. The topological polar surface area (TPSA) is 78.5 Å². The quantitative estimate of drug-likeness (QED) is 0.642. The maximum Gasteiger partial charge on any atom is 0.250 e. The van der Waals surface area contributed by atoms with Gasteiger partial charge < -0.3 is 5.32 Å². The Kier molecular flexibility index (Phi) is 3.37. The molecule has 25 heavy (non-hydrogen) atoms. The number of likely N-dealkylation sites (tertiary alicyclic amines) is 1. The average Bonchev–Trinajstić information content (AvgIpc) is 3.16. The Morgan fingerprint density at radius 3 is 2.64 bits per heavy atom. The van der Waals surface area contributed by atoms with Crippen molar-refractivity contribution in [2.75, 3.05) is 11.9 Å². The zero-order chi connectivity index (χ0) is 17.9. The van der Waals surface area contributed by atoms with Crippen LogP contribution in [-0.2, 0) is 19.9 Å². The molecular weight excluding hydrogens is 318 g/mol. The highest BCUT2D eigenvalue weighted by molar-refractivity contribution is 6.15. The minimum absolute atomic E-state index is 0.105. The number of anilines is 1. The van der Waals surface area contributed by atoms with E-state index in [2.05, 4.69) is 17.2 Å². The van der Waals surface area contributed by atoms with Gasteiger partial charge in [0.15, 0.2) is 0 Å². The van der Waals surface area contributed by atoms with E-state index >= 15 is 0 Å². The van der Waals surface area contributed by atoms with E-state index in [1.807, 2.05) is 38.1 Å². The third-order valence-electron chi connectivity index (χ3n) is 5.68. The van der Waals surface area contributed by atoms with Crippen molar-refractivity contribution >= 4 is 23.4 Å². The van der Waals surface area contributed by atoms with Gasteiger partial charge in [-0.2, -0.15) is 0 Å². The van der Waals surface area contributed by atoms with Gasteiger partial charge in [0, 0.05) is 23.8 Å². The van der Waals surface area contributed by atoms with Crippen LogP contribution in [-0.4, -0.2) is 35.2 Å². The highest BCUT2D eigenvalue weighted by Crippen LogP contribution is 2.53. The predicted molar refractivity (Wildman–Crippen MR) is 92.4 cm³/mol. The molecule has 0 unspecified atom stereocenters. The summed E-state index contributed by atoms with van der Waals surface area (Å²) in [7, 11) is 0. The third kappa shape index (κ3) is 1.86. The Bertz CT molecular complexity index is 803. The van der Waals surface area contributed by atoms with Crippen molar-refractivity contribution in [3.63, 3.8) is 0 Å². The van der Waals surface area contributed by atoms with Crippen LogP contribution in [0, 0.1) is 17.8 Å². The summed E-state index contributed by atoms with van der Waals surface area (Å²) in [5.41, 5.74) is 0.268. The molecule has 6 nitrogen and oxygen atoms in total. The van der Waals surface area contributed by atoms with Crippen LogP contribution in [0.1, 0.15) is 19.4 Å². The molecule has 0 bridgehead atoms. The van der Waals surface area contributed by atoms with Crippen molar-refractivity contribution < 1.29 is 14.4 Å².